The molecule has 0 aliphatic rings. The second kappa shape index (κ2) is 7.42. The minimum atomic E-state index is -0.522. The van der Waals surface area contributed by atoms with Gasteiger partial charge in [0.05, 0.1) is 18.2 Å². The predicted molar refractivity (Wildman–Crippen MR) is 105 cm³/mol. The molecule has 27 heavy (non-hydrogen) atoms. The Balaban J connectivity index is 1.57. The maximum atomic E-state index is 12.4. The maximum absolute atomic E-state index is 12.4. The number of fused-ring (bicyclic) bond motifs is 1. The molecule has 1 aromatic carbocycles. The Bertz CT molecular complexity index is 1160. The number of methoxy groups -OCH3 is 1. The van der Waals surface area contributed by atoms with Crippen molar-refractivity contribution in [2.24, 2.45) is 0 Å². The summed E-state index contributed by atoms with van der Waals surface area (Å²) in [6.45, 7) is 0. The molecule has 4 rings (SSSR count). The molecule has 0 spiro atoms. The number of carbonyl (C=O) groups excluding carboxylic acids is 1. The molecular weight excluding hydrogens is 384 g/mol. The Hall–Kier alpha value is -2.84. The van der Waals surface area contributed by atoms with Crippen LogP contribution >= 0.6 is 23.1 Å². The Labute approximate surface area is 162 Å². The molecule has 3 heterocycles. The smallest absolute Gasteiger partial charge is 0.373 e. The van der Waals surface area contributed by atoms with E-state index in [2.05, 4.69) is 14.7 Å². The number of hydrogen-bond donors (Lipinski definition) is 1. The van der Waals surface area contributed by atoms with Gasteiger partial charge in [-0.3, -0.25) is 4.79 Å². The molecule has 0 saturated carbocycles. The topological polar surface area (TPSA) is 85.2 Å². The number of benzene rings is 1. The van der Waals surface area contributed by atoms with Gasteiger partial charge in [0, 0.05) is 4.88 Å². The number of rotatable bonds is 5. The fourth-order valence-corrected chi connectivity index (χ4v) is 4.38. The third-order valence-electron chi connectivity index (χ3n) is 3.84. The van der Waals surface area contributed by atoms with Crippen molar-refractivity contribution in [1.29, 1.82) is 0 Å². The first kappa shape index (κ1) is 17.6. The van der Waals surface area contributed by atoms with E-state index in [9.17, 15) is 9.59 Å². The van der Waals surface area contributed by atoms with E-state index in [1.165, 1.54) is 30.2 Å². The second-order valence-corrected chi connectivity index (χ2v) is 7.61. The van der Waals surface area contributed by atoms with Crippen LogP contribution in [0.15, 0.2) is 62.9 Å². The van der Waals surface area contributed by atoms with Crippen molar-refractivity contribution in [3.05, 3.63) is 70.4 Å². The molecule has 1 N–H and O–H groups in total. The molecule has 0 saturated heterocycles. The summed E-state index contributed by atoms with van der Waals surface area (Å²) in [4.78, 5) is 32.9. The first-order valence-electron chi connectivity index (χ1n) is 8.03. The van der Waals surface area contributed by atoms with Crippen LogP contribution < -0.4 is 5.56 Å². The van der Waals surface area contributed by atoms with Crippen molar-refractivity contribution in [2.45, 2.75) is 10.9 Å². The molecule has 0 amide bonds. The number of esters is 1. The van der Waals surface area contributed by atoms with Crippen LogP contribution in [0.25, 0.3) is 20.7 Å². The summed E-state index contributed by atoms with van der Waals surface area (Å²) in [6.07, 6.45) is 0. The van der Waals surface area contributed by atoms with Gasteiger partial charge in [-0.1, -0.05) is 42.1 Å². The highest BCUT2D eigenvalue weighted by molar-refractivity contribution is 7.98. The van der Waals surface area contributed by atoms with Crippen molar-refractivity contribution < 1.29 is 13.9 Å². The average molecular weight is 398 g/mol. The van der Waals surface area contributed by atoms with Crippen molar-refractivity contribution in [3.63, 3.8) is 0 Å². The van der Waals surface area contributed by atoms with Crippen LogP contribution in [-0.2, 0) is 10.5 Å². The lowest BCUT2D eigenvalue weighted by atomic mass is 10.2. The molecule has 0 fully saturated rings. The molecular formula is C19H14N2O4S2. The molecule has 0 atom stereocenters. The summed E-state index contributed by atoms with van der Waals surface area (Å²) in [5, 5.41) is 1.08. The third kappa shape index (κ3) is 3.67. The number of furan rings is 1. The molecule has 136 valence electrons. The summed E-state index contributed by atoms with van der Waals surface area (Å²) in [6, 6.07) is 15.0. The Morgan fingerprint density at radius 3 is 2.85 bits per heavy atom. The molecule has 0 aliphatic heterocycles. The maximum Gasteiger partial charge on any atom is 0.373 e. The molecule has 8 heteroatoms. The van der Waals surface area contributed by atoms with Gasteiger partial charge >= 0.3 is 5.97 Å². The number of aromatic amines is 1. The average Bonchev–Trinajstić information content (AvgIpc) is 3.34. The second-order valence-electron chi connectivity index (χ2n) is 5.61. The number of nitrogens with zero attached hydrogens (tertiary/aromatic N) is 1. The fourth-order valence-electron chi connectivity index (χ4n) is 2.53. The predicted octanol–water partition coefficient (Wildman–Crippen LogP) is 4.32. The highest BCUT2D eigenvalue weighted by Crippen LogP contribution is 2.31. The molecule has 0 radical (unpaired) electrons. The van der Waals surface area contributed by atoms with Gasteiger partial charge in [-0.15, -0.1) is 11.3 Å². The summed E-state index contributed by atoms with van der Waals surface area (Å²) in [7, 11) is 1.30. The van der Waals surface area contributed by atoms with Crippen molar-refractivity contribution in [3.8, 4) is 10.4 Å². The quantitative estimate of drug-likeness (QED) is 0.306. The van der Waals surface area contributed by atoms with Crippen LogP contribution in [0.3, 0.4) is 0 Å². The summed E-state index contributed by atoms with van der Waals surface area (Å²) in [5.74, 6) is 0.656. The van der Waals surface area contributed by atoms with Gasteiger partial charge in [0.15, 0.2) is 5.16 Å². The number of H-pyrrole nitrogens is 1. The number of thiophene rings is 1. The van der Waals surface area contributed by atoms with Gasteiger partial charge in [0.2, 0.25) is 5.76 Å². The van der Waals surface area contributed by atoms with E-state index in [0.29, 0.717) is 26.9 Å². The van der Waals surface area contributed by atoms with Crippen LogP contribution in [0.1, 0.15) is 16.3 Å². The van der Waals surface area contributed by atoms with Crippen LogP contribution in [0.2, 0.25) is 0 Å². The molecule has 4 aromatic rings. The van der Waals surface area contributed by atoms with E-state index in [1.54, 1.807) is 12.1 Å². The SMILES string of the molecule is COC(=O)c1ccc(CSc2nc3sc(-c4ccccc4)cc3c(=O)[nH]2)o1. The van der Waals surface area contributed by atoms with Gasteiger partial charge in [-0.05, 0) is 23.8 Å². The summed E-state index contributed by atoms with van der Waals surface area (Å²) in [5.41, 5.74) is 0.885. The van der Waals surface area contributed by atoms with E-state index < -0.39 is 5.97 Å². The number of nitrogens with one attached hydrogen (secondary N) is 1. The Morgan fingerprint density at radius 2 is 2.07 bits per heavy atom. The first-order chi connectivity index (χ1) is 13.1. The Morgan fingerprint density at radius 1 is 1.26 bits per heavy atom. The van der Waals surface area contributed by atoms with Gasteiger partial charge in [-0.25, -0.2) is 9.78 Å². The van der Waals surface area contributed by atoms with Gasteiger partial charge in [-0.2, -0.15) is 0 Å². The van der Waals surface area contributed by atoms with Crippen molar-refractivity contribution in [1.82, 2.24) is 9.97 Å². The van der Waals surface area contributed by atoms with E-state index in [0.717, 1.165) is 10.4 Å². The fraction of sp³-hybridized carbons (Fsp3) is 0.105. The standard InChI is InChI=1S/C19H14N2O4S2/c1-24-18(23)14-8-7-12(25-14)10-26-19-20-16(22)13-9-15(27-17(13)21-19)11-5-3-2-4-6-11/h2-9H,10H2,1H3,(H,20,21,22). The van der Waals surface area contributed by atoms with Crippen molar-refractivity contribution >= 4 is 39.3 Å². The monoisotopic (exact) mass is 398 g/mol. The molecule has 0 aliphatic carbocycles. The number of thioether (sulfide) groups is 1. The lowest BCUT2D eigenvalue weighted by molar-refractivity contribution is 0.0563. The largest absolute Gasteiger partial charge is 0.463 e. The minimum absolute atomic E-state index is 0.149. The number of hydrogen-bond acceptors (Lipinski definition) is 7. The van der Waals surface area contributed by atoms with Crippen LogP contribution in [0, 0.1) is 0 Å². The van der Waals surface area contributed by atoms with E-state index >= 15 is 0 Å². The lowest BCUT2D eigenvalue weighted by Crippen LogP contribution is -2.07. The van der Waals surface area contributed by atoms with E-state index in [4.69, 9.17) is 4.42 Å². The zero-order valence-corrected chi connectivity index (χ0v) is 15.9. The highest BCUT2D eigenvalue weighted by atomic mass is 32.2. The van der Waals surface area contributed by atoms with Crippen molar-refractivity contribution in [2.75, 3.05) is 7.11 Å². The number of ether oxygens (including phenoxy) is 1. The Kier molecular flexibility index (Phi) is 4.83. The van der Waals surface area contributed by atoms with E-state index in [-0.39, 0.29) is 11.3 Å². The third-order valence-corrected chi connectivity index (χ3v) is 5.81. The molecule has 3 aromatic heterocycles. The summed E-state index contributed by atoms with van der Waals surface area (Å²) < 4.78 is 10.0. The normalized spacial score (nSPS) is 11.0. The number of carbonyl (C=O) groups is 1. The molecule has 6 nitrogen and oxygen atoms in total. The first-order valence-corrected chi connectivity index (χ1v) is 9.83. The van der Waals surface area contributed by atoms with Crippen LogP contribution in [0.4, 0.5) is 0 Å². The van der Waals surface area contributed by atoms with Gasteiger partial charge in [0.25, 0.3) is 5.56 Å². The minimum Gasteiger partial charge on any atom is -0.463 e. The summed E-state index contributed by atoms with van der Waals surface area (Å²) >= 11 is 2.82. The number of aromatic nitrogens is 2. The van der Waals surface area contributed by atoms with E-state index in [1.807, 2.05) is 36.4 Å². The van der Waals surface area contributed by atoms with Crippen LogP contribution in [0.5, 0.6) is 0 Å². The molecule has 0 unspecified atom stereocenters. The van der Waals surface area contributed by atoms with Gasteiger partial charge < -0.3 is 14.1 Å². The highest BCUT2D eigenvalue weighted by Gasteiger charge is 2.13. The van der Waals surface area contributed by atoms with Crippen LogP contribution in [-0.4, -0.2) is 23.0 Å². The zero-order valence-electron chi connectivity index (χ0n) is 14.2. The van der Waals surface area contributed by atoms with Gasteiger partial charge in [0.1, 0.15) is 10.6 Å². The molecule has 0 bridgehead atoms. The lowest BCUT2D eigenvalue weighted by Gasteiger charge is -1.99. The zero-order chi connectivity index (χ0) is 18.8.